The van der Waals surface area contributed by atoms with Crippen LogP contribution in [0.3, 0.4) is 0 Å². The third-order valence-electron chi connectivity index (χ3n) is 4.89. The predicted molar refractivity (Wildman–Crippen MR) is 106 cm³/mol. The number of esters is 1. The fourth-order valence-electron chi connectivity index (χ4n) is 3.53. The summed E-state index contributed by atoms with van der Waals surface area (Å²) in [6, 6.07) is -0.599. The van der Waals surface area contributed by atoms with E-state index in [1.165, 1.54) is 7.11 Å². The van der Waals surface area contributed by atoms with E-state index in [0.29, 0.717) is 29.9 Å². The van der Waals surface area contributed by atoms with E-state index in [1.807, 2.05) is 41.5 Å². The van der Waals surface area contributed by atoms with Crippen LogP contribution in [0, 0.1) is 25.7 Å². The Morgan fingerprint density at radius 1 is 1.07 bits per heavy atom. The number of amides is 1. The SMILES string of the molecule is CCn1c(C)c(C(=O)C(C)N(CC(C)C)C(=O)C(C)C)c(C)c1C(=O)OC. The van der Waals surface area contributed by atoms with Crippen molar-refractivity contribution in [2.24, 2.45) is 11.8 Å². The van der Waals surface area contributed by atoms with Crippen molar-refractivity contribution in [3.05, 3.63) is 22.5 Å². The Labute approximate surface area is 162 Å². The zero-order chi connectivity index (χ0) is 21.0. The Morgan fingerprint density at radius 3 is 2.04 bits per heavy atom. The molecule has 0 N–H and O–H groups in total. The summed E-state index contributed by atoms with van der Waals surface area (Å²) in [5.74, 6) is -0.579. The lowest BCUT2D eigenvalue weighted by Crippen LogP contribution is -2.47. The molecule has 6 heteroatoms. The van der Waals surface area contributed by atoms with Gasteiger partial charge in [0.1, 0.15) is 5.69 Å². The fraction of sp³-hybridized carbons (Fsp3) is 0.667. The lowest BCUT2D eigenvalue weighted by Gasteiger charge is -2.31. The molecule has 0 aliphatic rings. The largest absolute Gasteiger partial charge is 0.464 e. The van der Waals surface area contributed by atoms with Gasteiger partial charge in [-0.15, -0.1) is 0 Å². The molecule has 1 atom stereocenters. The van der Waals surface area contributed by atoms with Gasteiger partial charge in [-0.25, -0.2) is 4.79 Å². The quantitative estimate of drug-likeness (QED) is 0.512. The number of rotatable bonds is 8. The van der Waals surface area contributed by atoms with E-state index < -0.39 is 12.0 Å². The molecule has 1 heterocycles. The Hall–Kier alpha value is -2.11. The van der Waals surface area contributed by atoms with E-state index in [2.05, 4.69) is 0 Å². The summed E-state index contributed by atoms with van der Waals surface area (Å²) >= 11 is 0. The molecule has 0 saturated carbocycles. The van der Waals surface area contributed by atoms with Crippen LogP contribution >= 0.6 is 0 Å². The number of hydrogen-bond acceptors (Lipinski definition) is 4. The molecule has 1 rings (SSSR count). The Balaban J connectivity index is 3.44. The third-order valence-corrected chi connectivity index (χ3v) is 4.89. The second-order valence-corrected chi connectivity index (χ2v) is 7.75. The first-order valence-corrected chi connectivity index (χ1v) is 9.62. The molecular formula is C21H34N2O4. The number of carbonyl (C=O) groups excluding carboxylic acids is 3. The van der Waals surface area contributed by atoms with Gasteiger partial charge in [0.25, 0.3) is 0 Å². The molecule has 1 aromatic rings. The molecule has 0 radical (unpaired) electrons. The summed E-state index contributed by atoms with van der Waals surface area (Å²) in [4.78, 5) is 40.0. The molecule has 6 nitrogen and oxygen atoms in total. The van der Waals surface area contributed by atoms with E-state index in [9.17, 15) is 14.4 Å². The average molecular weight is 379 g/mol. The van der Waals surface area contributed by atoms with Gasteiger partial charge >= 0.3 is 5.97 Å². The standard InChI is InChI=1S/C21H34N2O4/c1-10-22-15(7)17(14(6)18(22)21(26)27-9)19(24)16(8)23(11-12(2)3)20(25)13(4)5/h12-13,16H,10-11H2,1-9H3. The van der Waals surface area contributed by atoms with Crippen LogP contribution in [0.25, 0.3) is 0 Å². The summed E-state index contributed by atoms with van der Waals surface area (Å²) in [5, 5.41) is 0. The highest BCUT2D eigenvalue weighted by Crippen LogP contribution is 2.26. The lowest BCUT2D eigenvalue weighted by molar-refractivity contribution is -0.136. The molecule has 0 fully saturated rings. The molecule has 0 bridgehead atoms. The minimum absolute atomic E-state index is 0.0389. The first-order valence-electron chi connectivity index (χ1n) is 9.62. The summed E-state index contributed by atoms with van der Waals surface area (Å²) < 4.78 is 6.71. The minimum Gasteiger partial charge on any atom is -0.464 e. The monoisotopic (exact) mass is 378 g/mol. The fourth-order valence-corrected chi connectivity index (χ4v) is 3.53. The number of aromatic nitrogens is 1. The van der Waals surface area contributed by atoms with Crippen LogP contribution in [0.4, 0.5) is 0 Å². The summed E-state index contributed by atoms with van der Waals surface area (Å²) in [6.07, 6.45) is 0. The molecule has 0 spiro atoms. The second-order valence-electron chi connectivity index (χ2n) is 7.75. The number of methoxy groups -OCH3 is 1. The van der Waals surface area contributed by atoms with Gasteiger partial charge in [0.05, 0.1) is 13.2 Å². The maximum absolute atomic E-state index is 13.4. The molecular weight excluding hydrogens is 344 g/mol. The summed E-state index contributed by atoms with van der Waals surface area (Å²) in [7, 11) is 1.33. The van der Waals surface area contributed by atoms with Crippen LogP contribution in [0.1, 0.15) is 73.6 Å². The van der Waals surface area contributed by atoms with Crippen molar-refractivity contribution in [2.45, 2.75) is 68.0 Å². The van der Waals surface area contributed by atoms with Crippen LogP contribution in [-0.4, -0.2) is 46.8 Å². The van der Waals surface area contributed by atoms with Crippen LogP contribution < -0.4 is 0 Å². The van der Waals surface area contributed by atoms with Crippen molar-refractivity contribution in [1.82, 2.24) is 9.47 Å². The maximum atomic E-state index is 13.4. The molecule has 27 heavy (non-hydrogen) atoms. The van der Waals surface area contributed by atoms with Crippen LogP contribution in [0.15, 0.2) is 0 Å². The molecule has 1 unspecified atom stereocenters. The van der Waals surface area contributed by atoms with Gasteiger partial charge in [0, 0.05) is 30.3 Å². The van der Waals surface area contributed by atoms with Crippen molar-refractivity contribution in [3.8, 4) is 0 Å². The zero-order valence-corrected chi connectivity index (χ0v) is 18.2. The first kappa shape index (κ1) is 22.9. The number of nitrogens with zero attached hydrogens (tertiary/aromatic N) is 2. The maximum Gasteiger partial charge on any atom is 0.354 e. The van der Waals surface area contributed by atoms with E-state index >= 15 is 0 Å². The van der Waals surface area contributed by atoms with Crippen LogP contribution in [0.5, 0.6) is 0 Å². The van der Waals surface area contributed by atoms with Gasteiger partial charge in [-0.3, -0.25) is 9.59 Å². The molecule has 0 aromatic carbocycles. The smallest absolute Gasteiger partial charge is 0.354 e. The van der Waals surface area contributed by atoms with Gasteiger partial charge in [-0.1, -0.05) is 27.7 Å². The predicted octanol–water partition coefficient (Wildman–Crippen LogP) is 3.62. The number of carbonyl (C=O) groups is 3. The normalized spacial score (nSPS) is 12.4. The highest BCUT2D eigenvalue weighted by Gasteiger charge is 2.33. The number of ketones is 1. The van der Waals surface area contributed by atoms with E-state index in [0.717, 1.165) is 5.69 Å². The van der Waals surface area contributed by atoms with E-state index in [4.69, 9.17) is 4.74 Å². The van der Waals surface area contributed by atoms with E-state index in [-0.39, 0.29) is 23.5 Å². The average Bonchev–Trinajstić information content (AvgIpc) is 2.86. The number of Topliss-reactive ketones (excluding diaryl/α,β-unsaturated/α-hetero) is 1. The second kappa shape index (κ2) is 9.20. The number of hydrogen-bond donors (Lipinski definition) is 0. The van der Waals surface area contributed by atoms with Crippen molar-refractivity contribution in [1.29, 1.82) is 0 Å². The molecule has 1 aromatic heterocycles. The van der Waals surface area contributed by atoms with Crippen molar-refractivity contribution in [2.75, 3.05) is 13.7 Å². The zero-order valence-electron chi connectivity index (χ0n) is 18.2. The van der Waals surface area contributed by atoms with Crippen molar-refractivity contribution in [3.63, 3.8) is 0 Å². The van der Waals surface area contributed by atoms with E-state index in [1.54, 1.807) is 23.3 Å². The summed E-state index contributed by atoms with van der Waals surface area (Å²) in [5.41, 5.74) is 2.25. The summed E-state index contributed by atoms with van der Waals surface area (Å²) in [6.45, 7) is 16.1. The Morgan fingerprint density at radius 2 is 1.63 bits per heavy atom. The van der Waals surface area contributed by atoms with Gasteiger partial charge in [-0.05, 0) is 39.2 Å². The first-order chi connectivity index (χ1) is 12.5. The highest BCUT2D eigenvalue weighted by atomic mass is 16.5. The van der Waals surface area contributed by atoms with Gasteiger partial charge in [0.2, 0.25) is 5.91 Å². The topological polar surface area (TPSA) is 68.6 Å². The van der Waals surface area contributed by atoms with Crippen molar-refractivity contribution < 1.29 is 19.1 Å². The highest BCUT2D eigenvalue weighted by molar-refractivity contribution is 6.06. The number of ether oxygens (including phenoxy) is 1. The Bertz CT molecular complexity index is 716. The van der Waals surface area contributed by atoms with Crippen molar-refractivity contribution >= 4 is 17.7 Å². The minimum atomic E-state index is -0.599. The lowest BCUT2D eigenvalue weighted by atomic mass is 9.98. The molecule has 0 aliphatic heterocycles. The van der Waals surface area contributed by atoms with Gasteiger partial charge in [-0.2, -0.15) is 0 Å². The van der Waals surface area contributed by atoms with Gasteiger partial charge in [0.15, 0.2) is 5.78 Å². The van der Waals surface area contributed by atoms with Crippen LogP contribution in [0.2, 0.25) is 0 Å². The van der Waals surface area contributed by atoms with Gasteiger partial charge < -0.3 is 14.2 Å². The molecule has 0 aliphatic carbocycles. The molecule has 152 valence electrons. The van der Waals surface area contributed by atoms with Crippen LogP contribution in [-0.2, 0) is 16.1 Å². The third kappa shape index (κ3) is 4.60. The Kier molecular flexibility index (Phi) is 7.81. The molecule has 1 amide bonds. The molecule has 0 saturated heterocycles.